The lowest BCUT2D eigenvalue weighted by Crippen LogP contribution is -2.67. The van der Waals surface area contributed by atoms with E-state index in [0.29, 0.717) is 0 Å². The molecule has 2 fully saturated rings. The van der Waals surface area contributed by atoms with Crippen LogP contribution in [0.3, 0.4) is 0 Å². The van der Waals surface area contributed by atoms with Gasteiger partial charge in [-0.2, -0.15) is 0 Å². The first-order valence-electron chi connectivity index (χ1n) is 7.92. The van der Waals surface area contributed by atoms with Crippen LogP contribution in [0.2, 0.25) is 0 Å². The van der Waals surface area contributed by atoms with Gasteiger partial charge in [0.2, 0.25) is 5.91 Å². The van der Waals surface area contributed by atoms with E-state index in [-0.39, 0.29) is 0 Å². The van der Waals surface area contributed by atoms with Gasteiger partial charge in [0.05, 0.1) is 12.7 Å². The van der Waals surface area contributed by atoms with Gasteiger partial charge in [0, 0.05) is 6.92 Å². The van der Waals surface area contributed by atoms with Crippen molar-refractivity contribution >= 4 is 5.91 Å². The zero-order valence-electron chi connectivity index (χ0n) is 13.8. The van der Waals surface area contributed by atoms with Gasteiger partial charge in [-0.05, 0) is 6.92 Å². The van der Waals surface area contributed by atoms with Crippen LogP contribution in [-0.4, -0.2) is 105 Å². The topological polar surface area (TPSA) is 178 Å². The molecule has 2 aliphatic heterocycles. The lowest BCUT2D eigenvalue weighted by molar-refractivity contribution is -0.337. The molecular formula is C14H25NO10. The summed E-state index contributed by atoms with van der Waals surface area (Å²) >= 11 is 0. The van der Waals surface area contributed by atoms with Gasteiger partial charge in [0.25, 0.3) is 0 Å². The first-order valence-corrected chi connectivity index (χ1v) is 7.92. The lowest BCUT2D eigenvalue weighted by atomic mass is 9.95. The number of amides is 1. The Hall–Kier alpha value is -0.890. The number of aliphatic hydroxyl groups excluding tert-OH is 6. The van der Waals surface area contributed by atoms with Crippen molar-refractivity contribution in [1.29, 1.82) is 0 Å². The van der Waals surface area contributed by atoms with Gasteiger partial charge in [0.1, 0.15) is 42.7 Å². The molecule has 0 aromatic carbocycles. The molecule has 2 aliphatic rings. The molecule has 0 spiro atoms. The second-order valence-corrected chi connectivity index (χ2v) is 6.25. The van der Waals surface area contributed by atoms with Crippen LogP contribution < -0.4 is 5.32 Å². The summed E-state index contributed by atoms with van der Waals surface area (Å²) in [5, 5.41) is 61.5. The minimum Gasteiger partial charge on any atom is -0.394 e. The van der Waals surface area contributed by atoms with Crippen molar-refractivity contribution in [2.24, 2.45) is 0 Å². The van der Waals surface area contributed by atoms with Crippen molar-refractivity contribution in [2.75, 3.05) is 6.61 Å². The van der Waals surface area contributed by atoms with Crippen LogP contribution in [0.15, 0.2) is 0 Å². The van der Waals surface area contributed by atoms with Crippen molar-refractivity contribution in [2.45, 2.75) is 75.2 Å². The normalized spacial score (nSPS) is 48.2. The largest absolute Gasteiger partial charge is 0.394 e. The average molecular weight is 367 g/mol. The minimum atomic E-state index is -1.64. The maximum atomic E-state index is 11.3. The van der Waals surface area contributed by atoms with Crippen molar-refractivity contribution in [1.82, 2.24) is 5.32 Å². The monoisotopic (exact) mass is 367 g/mol. The average Bonchev–Trinajstić information content (AvgIpc) is 2.56. The Morgan fingerprint density at radius 3 is 2.24 bits per heavy atom. The van der Waals surface area contributed by atoms with E-state index < -0.39 is 73.9 Å². The van der Waals surface area contributed by atoms with Crippen LogP contribution in [-0.2, 0) is 19.0 Å². The number of carbonyl (C=O) groups is 1. The van der Waals surface area contributed by atoms with E-state index in [4.69, 9.17) is 14.2 Å². The molecule has 11 nitrogen and oxygen atoms in total. The number of ether oxygens (including phenoxy) is 3. The van der Waals surface area contributed by atoms with E-state index in [1.807, 2.05) is 0 Å². The number of nitrogens with one attached hydrogen (secondary N) is 1. The van der Waals surface area contributed by atoms with Gasteiger partial charge in [-0.15, -0.1) is 0 Å². The Morgan fingerprint density at radius 1 is 1.04 bits per heavy atom. The van der Waals surface area contributed by atoms with Crippen LogP contribution in [0.1, 0.15) is 13.8 Å². The Morgan fingerprint density at radius 2 is 1.68 bits per heavy atom. The van der Waals surface area contributed by atoms with Gasteiger partial charge in [-0.1, -0.05) is 0 Å². The molecule has 0 unspecified atom stereocenters. The first kappa shape index (κ1) is 20.4. The smallest absolute Gasteiger partial charge is 0.217 e. The van der Waals surface area contributed by atoms with Crippen LogP contribution in [0.4, 0.5) is 0 Å². The van der Waals surface area contributed by atoms with Crippen LogP contribution >= 0.6 is 0 Å². The highest BCUT2D eigenvalue weighted by Gasteiger charge is 2.50. The summed E-state index contributed by atoms with van der Waals surface area (Å²) in [4.78, 5) is 11.3. The molecule has 2 rings (SSSR count). The Kier molecular flexibility index (Phi) is 6.70. The molecular weight excluding hydrogens is 342 g/mol. The van der Waals surface area contributed by atoms with Crippen LogP contribution in [0.5, 0.6) is 0 Å². The third kappa shape index (κ3) is 4.27. The number of hydrogen-bond acceptors (Lipinski definition) is 10. The fourth-order valence-corrected chi connectivity index (χ4v) is 2.92. The number of hydrogen-bond donors (Lipinski definition) is 7. The molecule has 2 saturated heterocycles. The Bertz CT molecular complexity index is 465. The highest BCUT2D eigenvalue weighted by atomic mass is 16.7. The molecule has 0 radical (unpaired) electrons. The molecule has 10 atom stereocenters. The maximum absolute atomic E-state index is 11.3. The van der Waals surface area contributed by atoms with E-state index in [2.05, 4.69) is 5.32 Å². The summed E-state index contributed by atoms with van der Waals surface area (Å²) in [5.41, 5.74) is 0. The van der Waals surface area contributed by atoms with Crippen molar-refractivity contribution in [3.63, 3.8) is 0 Å². The van der Waals surface area contributed by atoms with E-state index >= 15 is 0 Å². The summed E-state index contributed by atoms with van der Waals surface area (Å²) < 4.78 is 15.8. The first-order chi connectivity index (χ1) is 11.7. The summed E-state index contributed by atoms with van der Waals surface area (Å²) in [5.74, 6) is -0.537. The number of rotatable bonds is 4. The quantitative estimate of drug-likeness (QED) is 0.257. The number of carbonyl (C=O) groups excluding carboxylic acids is 1. The van der Waals surface area contributed by atoms with Crippen molar-refractivity contribution in [3.8, 4) is 0 Å². The SMILES string of the molecule is CC(=O)N[C@@H]1[C@@H](O[C@@H]2O[C@H](C)[C@H](O)[C@H](O)[C@@H]2O)[C@@H](O)[C@@H](CO)O[C@H]1O. The van der Waals surface area contributed by atoms with Gasteiger partial charge in [-0.3, -0.25) is 4.79 Å². The minimum absolute atomic E-state index is 0.537. The highest BCUT2D eigenvalue weighted by Crippen LogP contribution is 2.28. The molecule has 0 bridgehead atoms. The second-order valence-electron chi connectivity index (χ2n) is 6.25. The van der Waals surface area contributed by atoms with Gasteiger partial charge < -0.3 is 50.2 Å². The zero-order valence-corrected chi connectivity index (χ0v) is 13.8. The van der Waals surface area contributed by atoms with Gasteiger partial charge >= 0.3 is 0 Å². The van der Waals surface area contributed by atoms with Crippen molar-refractivity contribution < 1.29 is 49.6 Å². The summed E-state index contributed by atoms with van der Waals surface area (Å²) in [6.45, 7) is 2.01. The summed E-state index contributed by atoms with van der Waals surface area (Å²) in [6, 6.07) is -1.22. The van der Waals surface area contributed by atoms with E-state index in [1.165, 1.54) is 13.8 Å². The van der Waals surface area contributed by atoms with E-state index in [1.54, 1.807) is 0 Å². The molecule has 146 valence electrons. The van der Waals surface area contributed by atoms with Gasteiger partial charge in [0.15, 0.2) is 12.6 Å². The maximum Gasteiger partial charge on any atom is 0.217 e. The lowest BCUT2D eigenvalue weighted by Gasteiger charge is -2.46. The predicted octanol–water partition coefficient (Wildman–Crippen LogP) is -4.23. The standard InChI is InChI=1S/C14H25NO10/c1-4-8(18)10(20)11(21)14(23-4)25-12-7(15-5(2)17)13(22)24-6(3-16)9(12)19/h4,6-14,16,18-22H,3H2,1-2H3,(H,15,17)/t4-,6-,7-,8+,9+,10+,11+,12-,13-,14+/m1/s1. The third-order valence-corrected chi connectivity index (χ3v) is 4.34. The predicted molar refractivity (Wildman–Crippen MR) is 78.8 cm³/mol. The van der Waals surface area contributed by atoms with Crippen LogP contribution in [0.25, 0.3) is 0 Å². The molecule has 7 N–H and O–H groups in total. The molecule has 25 heavy (non-hydrogen) atoms. The molecule has 0 aromatic heterocycles. The molecule has 2 heterocycles. The zero-order chi connectivity index (χ0) is 18.9. The van der Waals surface area contributed by atoms with E-state index in [0.717, 1.165) is 0 Å². The van der Waals surface area contributed by atoms with Gasteiger partial charge in [-0.25, -0.2) is 0 Å². The molecule has 1 amide bonds. The summed E-state index contributed by atoms with van der Waals surface area (Å²) in [6.07, 6.45) is -12.4. The highest BCUT2D eigenvalue weighted by molar-refractivity contribution is 5.73. The molecule has 0 saturated carbocycles. The molecule has 0 aliphatic carbocycles. The van der Waals surface area contributed by atoms with Crippen LogP contribution in [0, 0.1) is 0 Å². The molecule has 0 aromatic rings. The summed E-state index contributed by atoms with van der Waals surface area (Å²) in [7, 11) is 0. The Labute approximate surface area is 143 Å². The fourth-order valence-electron chi connectivity index (χ4n) is 2.92. The number of aliphatic hydroxyl groups is 6. The molecule has 11 heteroatoms. The Balaban J connectivity index is 2.20. The van der Waals surface area contributed by atoms with Crippen molar-refractivity contribution in [3.05, 3.63) is 0 Å². The fraction of sp³-hybridized carbons (Fsp3) is 0.929. The van der Waals surface area contributed by atoms with E-state index in [9.17, 15) is 35.4 Å². The second kappa shape index (κ2) is 8.20. The third-order valence-electron chi connectivity index (χ3n) is 4.34.